The van der Waals surface area contributed by atoms with Crippen LogP contribution >= 0.6 is 0 Å². The summed E-state index contributed by atoms with van der Waals surface area (Å²) in [4.78, 5) is 23.8. The summed E-state index contributed by atoms with van der Waals surface area (Å²) in [5, 5.41) is 20.0. The summed E-state index contributed by atoms with van der Waals surface area (Å²) in [6.45, 7) is 6.12. The van der Waals surface area contributed by atoms with E-state index >= 15 is 0 Å². The molecule has 3 aliphatic rings. The number of carboxylic acids is 1. The number of hydrogen-bond acceptors (Lipinski definition) is 3. The second kappa shape index (κ2) is 3.60. The highest BCUT2D eigenvalue weighted by Crippen LogP contribution is 2.72. The van der Waals surface area contributed by atoms with Gasteiger partial charge in [-0.25, -0.2) is 0 Å². The number of ketones is 1. The van der Waals surface area contributed by atoms with E-state index in [-0.39, 0.29) is 29.0 Å². The number of Topliss-reactive ketones (excluding diaryl/α,β-unsaturated/α-hetero) is 1. The molecule has 0 amide bonds. The molecule has 0 saturated heterocycles. The van der Waals surface area contributed by atoms with Crippen LogP contribution in [0.1, 0.15) is 40.0 Å². The molecule has 4 nitrogen and oxygen atoms in total. The second-order valence-electron chi connectivity index (χ2n) is 7.50. The Morgan fingerprint density at radius 2 is 2.00 bits per heavy atom. The lowest BCUT2D eigenvalue weighted by Gasteiger charge is -2.45. The van der Waals surface area contributed by atoms with Gasteiger partial charge in [-0.05, 0) is 35.5 Å². The van der Waals surface area contributed by atoms with Crippen LogP contribution in [-0.4, -0.2) is 28.1 Å². The van der Waals surface area contributed by atoms with Gasteiger partial charge in [-0.15, -0.1) is 0 Å². The predicted molar refractivity (Wildman–Crippen MR) is 68.3 cm³/mol. The maximum atomic E-state index is 12.1. The number of aliphatic hydroxyl groups is 1. The summed E-state index contributed by atoms with van der Waals surface area (Å²) in [5.74, 6) is -1.30. The topological polar surface area (TPSA) is 74.6 Å². The third-order valence-electron chi connectivity index (χ3n) is 6.34. The quantitative estimate of drug-likeness (QED) is 0.757. The Morgan fingerprint density at radius 3 is 2.58 bits per heavy atom. The summed E-state index contributed by atoms with van der Waals surface area (Å²) in [6.07, 6.45) is 0.916. The van der Waals surface area contributed by atoms with Crippen molar-refractivity contribution < 1.29 is 19.8 Å². The van der Waals surface area contributed by atoms with Crippen LogP contribution < -0.4 is 0 Å². The number of aliphatic carboxylic acids is 1. The van der Waals surface area contributed by atoms with Crippen LogP contribution in [0.2, 0.25) is 0 Å². The zero-order valence-electron chi connectivity index (χ0n) is 11.7. The van der Waals surface area contributed by atoms with Gasteiger partial charge in [0.1, 0.15) is 5.78 Å². The van der Waals surface area contributed by atoms with Crippen molar-refractivity contribution in [1.29, 1.82) is 0 Å². The van der Waals surface area contributed by atoms with E-state index in [0.29, 0.717) is 12.8 Å². The van der Waals surface area contributed by atoms with Crippen molar-refractivity contribution >= 4 is 11.8 Å². The van der Waals surface area contributed by atoms with Crippen molar-refractivity contribution in [1.82, 2.24) is 0 Å². The molecule has 2 N–H and O–H groups in total. The van der Waals surface area contributed by atoms with Gasteiger partial charge in [0, 0.05) is 12.3 Å². The molecule has 0 heterocycles. The molecule has 0 spiro atoms. The molecule has 19 heavy (non-hydrogen) atoms. The van der Waals surface area contributed by atoms with Crippen molar-refractivity contribution in [3.05, 3.63) is 0 Å². The van der Waals surface area contributed by atoms with Crippen molar-refractivity contribution in [3.8, 4) is 0 Å². The molecule has 3 saturated carbocycles. The minimum Gasteiger partial charge on any atom is -0.481 e. The SMILES string of the molecule is C[C@@H]1C(=O)C[C@@H]2[C@H]3[C@H](O)C[C@@H](C(=O)O)[C@@]12CC3(C)C. The summed E-state index contributed by atoms with van der Waals surface area (Å²) >= 11 is 0. The molecule has 106 valence electrons. The number of rotatable bonds is 1. The van der Waals surface area contributed by atoms with Crippen molar-refractivity contribution in [2.24, 2.45) is 34.5 Å². The third-order valence-corrected chi connectivity index (χ3v) is 6.34. The van der Waals surface area contributed by atoms with Gasteiger partial charge in [-0.1, -0.05) is 20.8 Å². The lowest BCUT2D eigenvalue weighted by Crippen LogP contribution is -2.48. The highest BCUT2D eigenvalue weighted by Gasteiger charge is 2.72. The van der Waals surface area contributed by atoms with Crippen LogP contribution in [0.15, 0.2) is 0 Å². The predicted octanol–water partition coefficient (Wildman–Crippen LogP) is 1.71. The molecular weight excluding hydrogens is 244 g/mol. The van der Waals surface area contributed by atoms with Gasteiger partial charge >= 0.3 is 5.97 Å². The smallest absolute Gasteiger partial charge is 0.307 e. The Kier molecular flexibility index (Phi) is 2.48. The van der Waals surface area contributed by atoms with Crippen molar-refractivity contribution in [3.63, 3.8) is 0 Å². The first-order valence-electron chi connectivity index (χ1n) is 7.15. The maximum Gasteiger partial charge on any atom is 0.307 e. The van der Waals surface area contributed by atoms with E-state index in [1.54, 1.807) is 0 Å². The Morgan fingerprint density at radius 1 is 1.37 bits per heavy atom. The van der Waals surface area contributed by atoms with E-state index in [1.807, 2.05) is 6.92 Å². The average molecular weight is 266 g/mol. The fraction of sp³-hybridized carbons (Fsp3) is 0.867. The molecule has 4 heteroatoms. The summed E-state index contributed by atoms with van der Waals surface area (Å²) in [7, 11) is 0. The molecule has 3 rings (SSSR count). The fourth-order valence-corrected chi connectivity index (χ4v) is 5.81. The number of aliphatic hydroxyl groups excluding tert-OH is 1. The molecule has 0 aromatic heterocycles. The second-order valence-corrected chi connectivity index (χ2v) is 7.50. The Labute approximate surface area is 113 Å². The van der Waals surface area contributed by atoms with Gasteiger partial charge in [0.25, 0.3) is 0 Å². The molecule has 2 bridgehead atoms. The zero-order valence-corrected chi connectivity index (χ0v) is 11.7. The number of carbonyl (C=O) groups excluding carboxylic acids is 1. The van der Waals surface area contributed by atoms with E-state index in [1.165, 1.54) is 0 Å². The van der Waals surface area contributed by atoms with Gasteiger partial charge in [0.15, 0.2) is 0 Å². The number of hydrogen-bond donors (Lipinski definition) is 2. The van der Waals surface area contributed by atoms with Crippen molar-refractivity contribution in [2.75, 3.05) is 0 Å². The third kappa shape index (κ3) is 1.38. The molecular formula is C15H22O4. The summed E-state index contributed by atoms with van der Waals surface area (Å²) < 4.78 is 0. The highest BCUT2D eigenvalue weighted by atomic mass is 16.4. The maximum absolute atomic E-state index is 12.1. The minimum absolute atomic E-state index is 0.0508. The average Bonchev–Trinajstić information content (AvgIpc) is 2.61. The van der Waals surface area contributed by atoms with Gasteiger partial charge in [0.2, 0.25) is 0 Å². The molecule has 0 aromatic carbocycles. The van der Waals surface area contributed by atoms with Gasteiger partial charge in [0.05, 0.1) is 12.0 Å². The fourth-order valence-electron chi connectivity index (χ4n) is 5.81. The molecule has 0 aromatic rings. The molecule has 3 aliphatic carbocycles. The van der Waals surface area contributed by atoms with Gasteiger partial charge in [-0.2, -0.15) is 0 Å². The first-order valence-corrected chi connectivity index (χ1v) is 7.15. The van der Waals surface area contributed by atoms with E-state index < -0.39 is 23.4 Å². The molecule has 0 unspecified atom stereocenters. The van der Waals surface area contributed by atoms with Crippen molar-refractivity contribution in [2.45, 2.75) is 46.1 Å². The van der Waals surface area contributed by atoms with Crippen LogP contribution in [0.5, 0.6) is 0 Å². The number of carbonyl (C=O) groups is 2. The minimum atomic E-state index is -0.846. The monoisotopic (exact) mass is 266 g/mol. The number of carboxylic acid groups (broad SMARTS) is 1. The molecule has 0 radical (unpaired) electrons. The highest BCUT2D eigenvalue weighted by molar-refractivity contribution is 5.87. The van der Waals surface area contributed by atoms with Crippen LogP contribution in [0.3, 0.4) is 0 Å². The van der Waals surface area contributed by atoms with E-state index in [9.17, 15) is 19.8 Å². The van der Waals surface area contributed by atoms with E-state index in [2.05, 4.69) is 13.8 Å². The molecule has 3 fully saturated rings. The van der Waals surface area contributed by atoms with Crippen LogP contribution in [0, 0.1) is 34.5 Å². The van der Waals surface area contributed by atoms with Crippen LogP contribution in [0.25, 0.3) is 0 Å². The zero-order chi connectivity index (χ0) is 14.2. The Balaban J connectivity index is 2.16. The summed E-state index contributed by atoms with van der Waals surface area (Å²) in [5.41, 5.74) is -0.500. The first kappa shape index (κ1) is 13.1. The Bertz CT molecular complexity index is 455. The van der Waals surface area contributed by atoms with E-state index in [0.717, 1.165) is 6.42 Å². The Hall–Kier alpha value is -0.900. The standard InChI is InChI=1S/C15H22O4/c1-7-10(16)4-8-12-11(17)5-9(13(18)19)15(7,8)6-14(12,2)3/h7-9,11-12,17H,4-6H2,1-3H3,(H,18,19)/t7-,8-,9+,11-,12+,15+/m1/s1. The molecule has 6 atom stereocenters. The van der Waals surface area contributed by atoms with Gasteiger partial charge in [-0.3, -0.25) is 9.59 Å². The van der Waals surface area contributed by atoms with Crippen LogP contribution in [-0.2, 0) is 9.59 Å². The van der Waals surface area contributed by atoms with Crippen LogP contribution in [0.4, 0.5) is 0 Å². The lowest BCUT2D eigenvalue weighted by molar-refractivity contribution is -0.156. The molecule has 0 aliphatic heterocycles. The summed E-state index contributed by atoms with van der Waals surface area (Å²) in [6, 6.07) is 0. The first-order chi connectivity index (χ1) is 8.71. The lowest BCUT2D eigenvalue weighted by atomic mass is 9.59. The normalized spacial score (nSPS) is 51.2. The largest absolute Gasteiger partial charge is 0.481 e. The van der Waals surface area contributed by atoms with E-state index in [4.69, 9.17) is 0 Å². The van der Waals surface area contributed by atoms with Gasteiger partial charge < -0.3 is 10.2 Å².